The van der Waals surface area contributed by atoms with Crippen molar-refractivity contribution >= 4 is 33.7 Å². The molecule has 0 unspecified atom stereocenters. The van der Waals surface area contributed by atoms with Crippen LogP contribution in [0.3, 0.4) is 0 Å². The number of benzene rings is 1. The molecule has 0 fully saturated rings. The number of hydrogen-bond acceptors (Lipinski definition) is 5. The van der Waals surface area contributed by atoms with E-state index in [4.69, 9.17) is 4.98 Å². The van der Waals surface area contributed by atoms with E-state index in [9.17, 15) is 4.79 Å². The standard InChI is InChI=1S/C18H19N3OS2/c1-12-17(24-18(19-12)20-13(2)22)15-11-23-16(21-15)10-6-9-14-7-4-3-5-8-14/h3-5,7-8,11H,6,9-10H2,1-2H3,(H,19,20,22). The molecule has 2 aromatic heterocycles. The van der Waals surface area contributed by atoms with Gasteiger partial charge in [0, 0.05) is 12.3 Å². The molecule has 0 radical (unpaired) electrons. The first-order valence-electron chi connectivity index (χ1n) is 7.85. The molecule has 0 aliphatic rings. The summed E-state index contributed by atoms with van der Waals surface area (Å²) in [5, 5.41) is 6.60. The van der Waals surface area contributed by atoms with Gasteiger partial charge in [-0.05, 0) is 31.7 Å². The fraction of sp³-hybridized carbons (Fsp3) is 0.278. The van der Waals surface area contributed by atoms with Crippen molar-refractivity contribution in [1.29, 1.82) is 0 Å². The summed E-state index contributed by atoms with van der Waals surface area (Å²) in [6.45, 7) is 3.44. The van der Waals surface area contributed by atoms with E-state index in [1.54, 1.807) is 11.3 Å². The molecule has 2 heterocycles. The Morgan fingerprint density at radius 1 is 1.17 bits per heavy atom. The number of carbonyl (C=O) groups is 1. The Bertz CT molecular complexity index is 824. The second kappa shape index (κ2) is 7.68. The Hall–Kier alpha value is -2.05. The first-order chi connectivity index (χ1) is 11.6. The Balaban J connectivity index is 1.63. The Morgan fingerprint density at radius 2 is 1.96 bits per heavy atom. The molecule has 0 spiro atoms. The fourth-order valence-electron chi connectivity index (χ4n) is 2.46. The highest BCUT2D eigenvalue weighted by atomic mass is 32.1. The molecule has 1 N–H and O–H groups in total. The Kier molecular flexibility index (Phi) is 5.37. The number of rotatable bonds is 6. The molecule has 1 aromatic carbocycles. The van der Waals surface area contributed by atoms with Crippen molar-refractivity contribution in [2.45, 2.75) is 33.1 Å². The maximum Gasteiger partial charge on any atom is 0.223 e. The second-order valence-corrected chi connectivity index (χ2v) is 7.52. The predicted octanol–water partition coefficient (Wildman–Crippen LogP) is 4.71. The molecular formula is C18H19N3OS2. The van der Waals surface area contributed by atoms with E-state index >= 15 is 0 Å². The van der Waals surface area contributed by atoms with Crippen molar-refractivity contribution in [3.8, 4) is 10.6 Å². The molecule has 24 heavy (non-hydrogen) atoms. The molecule has 1 amide bonds. The van der Waals surface area contributed by atoms with E-state index in [1.165, 1.54) is 23.8 Å². The minimum atomic E-state index is -0.102. The van der Waals surface area contributed by atoms with E-state index in [2.05, 4.69) is 39.9 Å². The summed E-state index contributed by atoms with van der Waals surface area (Å²) < 4.78 is 0. The number of nitrogens with zero attached hydrogens (tertiary/aromatic N) is 2. The number of nitrogens with one attached hydrogen (secondary N) is 1. The van der Waals surface area contributed by atoms with Gasteiger partial charge in [0.15, 0.2) is 5.13 Å². The Labute approximate surface area is 149 Å². The average molecular weight is 358 g/mol. The van der Waals surface area contributed by atoms with Crippen molar-refractivity contribution < 1.29 is 4.79 Å². The Morgan fingerprint density at radius 3 is 2.71 bits per heavy atom. The van der Waals surface area contributed by atoms with Crippen molar-refractivity contribution in [3.05, 3.63) is 52.0 Å². The van der Waals surface area contributed by atoms with Gasteiger partial charge in [0.05, 0.1) is 21.3 Å². The van der Waals surface area contributed by atoms with E-state index in [-0.39, 0.29) is 5.91 Å². The summed E-state index contributed by atoms with van der Waals surface area (Å²) in [6, 6.07) is 10.5. The van der Waals surface area contributed by atoms with E-state index in [0.717, 1.165) is 40.5 Å². The molecule has 4 nitrogen and oxygen atoms in total. The van der Waals surface area contributed by atoms with Gasteiger partial charge >= 0.3 is 0 Å². The minimum Gasteiger partial charge on any atom is -0.302 e. The van der Waals surface area contributed by atoms with Crippen LogP contribution in [0.25, 0.3) is 10.6 Å². The third-order valence-corrected chi connectivity index (χ3v) is 5.57. The van der Waals surface area contributed by atoms with Gasteiger partial charge in [-0.15, -0.1) is 11.3 Å². The van der Waals surface area contributed by atoms with E-state index < -0.39 is 0 Å². The lowest BCUT2D eigenvalue weighted by atomic mass is 10.1. The highest BCUT2D eigenvalue weighted by Gasteiger charge is 2.13. The molecule has 0 saturated carbocycles. The minimum absolute atomic E-state index is 0.102. The van der Waals surface area contributed by atoms with Crippen LogP contribution in [0.15, 0.2) is 35.7 Å². The number of hydrogen-bond donors (Lipinski definition) is 1. The quantitative estimate of drug-likeness (QED) is 0.695. The van der Waals surface area contributed by atoms with Crippen LogP contribution in [0.5, 0.6) is 0 Å². The summed E-state index contributed by atoms with van der Waals surface area (Å²) in [5.74, 6) is -0.102. The van der Waals surface area contributed by atoms with Gasteiger partial charge in [-0.1, -0.05) is 41.7 Å². The number of aryl methyl sites for hydroxylation is 3. The van der Waals surface area contributed by atoms with Gasteiger partial charge in [0.1, 0.15) is 0 Å². The zero-order chi connectivity index (χ0) is 16.9. The van der Waals surface area contributed by atoms with Crippen LogP contribution in [0, 0.1) is 6.92 Å². The SMILES string of the molecule is CC(=O)Nc1nc(C)c(-c2csc(CCCc3ccccc3)n2)s1. The van der Waals surface area contributed by atoms with Crippen LogP contribution in [0.2, 0.25) is 0 Å². The molecule has 6 heteroatoms. The van der Waals surface area contributed by atoms with Crippen molar-refractivity contribution in [2.24, 2.45) is 0 Å². The molecule has 0 aliphatic carbocycles. The molecule has 0 saturated heterocycles. The van der Waals surface area contributed by atoms with Crippen LogP contribution in [-0.2, 0) is 17.6 Å². The first kappa shape index (κ1) is 16.8. The normalized spacial score (nSPS) is 10.8. The molecule has 0 bridgehead atoms. The number of aromatic nitrogens is 2. The highest BCUT2D eigenvalue weighted by molar-refractivity contribution is 7.19. The molecule has 0 aliphatic heterocycles. The third kappa shape index (κ3) is 4.27. The number of amides is 1. The fourth-order valence-corrected chi connectivity index (χ4v) is 4.34. The summed E-state index contributed by atoms with van der Waals surface area (Å²) >= 11 is 3.17. The van der Waals surface area contributed by atoms with Crippen molar-refractivity contribution in [1.82, 2.24) is 9.97 Å². The second-order valence-electron chi connectivity index (χ2n) is 5.58. The van der Waals surface area contributed by atoms with Gasteiger partial charge in [-0.3, -0.25) is 4.79 Å². The summed E-state index contributed by atoms with van der Waals surface area (Å²) in [4.78, 5) is 21.3. The van der Waals surface area contributed by atoms with Crippen LogP contribution < -0.4 is 5.32 Å². The molecule has 3 aromatic rings. The van der Waals surface area contributed by atoms with Crippen LogP contribution >= 0.6 is 22.7 Å². The maximum absolute atomic E-state index is 11.2. The topological polar surface area (TPSA) is 54.9 Å². The predicted molar refractivity (Wildman–Crippen MR) is 101 cm³/mol. The number of anilines is 1. The lowest BCUT2D eigenvalue weighted by Crippen LogP contribution is -2.04. The van der Waals surface area contributed by atoms with Gasteiger partial charge in [-0.2, -0.15) is 0 Å². The average Bonchev–Trinajstić information content (AvgIpc) is 3.14. The van der Waals surface area contributed by atoms with Crippen molar-refractivity contribution in [2.75, 3.05) is 5.32 Å². The molecule has 0 atom stereocenters. The van der Waals surface area contributed by atoms with E-state index in [0.29, 0.717) is 5.13 Å². The number of carbonyl (C=O) groups excluding carboxylic acids is 1. The smallest absolute Gasteiger partial charge is 0.223 e. The lowest BCUT2D eigenvalue weighted by molar-refractivity contribution is -0.114. The van der Waals surface area contributed by atoms with Crippen LogP contribution in [0.1, 0.15) is 29.6 Å². The number of thiazole rings is 2. The van der Waals surface area contributed by atoms with Crippen molar-refractivity contribution in [3.63, 3.8) is 0 Å². The maximum atomic E-state index is 11.2. The third-order valence-electron chi connectivity index (χ3n) is 3.56. The molecular weight excluding hydrogens is 338 g/mol. The molecule has 3 rings (SSSR count). The zero-order valence-corrected chi connectivity index (χ0v) is 15.3. The summed E-state index contributed by atoms with van der Waals surface area (Å²) in [6.07, 6.45) is 3.15. The van der Waals surface area contributed by atoms with Gasteiger partial charge in [-0.25, -0.2) is 9.97 Å². The van der Waals surface area contributed by atoms with Crippen LogP contribution in [-0.4, -0.2) is 15.9 Å². The van der Waals surface area contributed by atoms with Gasteiger partial charge in [0.25, 0.3) is 0 Å². The molecule has 124 valence electrons. The van der Waals surface area contributed by atoms with Crippen LogP contribution in [0.4, 0.5) is 5.13 Å². The van der Waals surface area contributed by atoms with Gasteiger partial charge < -0.3 is 5.32 Å². The first-order valence-corrected chi connectivity index (χ1v) is 9.55. The summed E-state index contributed by atoms with van der Waals surface area (Å²) in [5.41, 5.74) is 3.23. The zero-order valence-electron chi connectivity index (χ0n) is 13.7. The lowest BCUT2D eigenvalue weighted by Gasteiger charge is -1.99. The highest BCUT2D eigenvalue weighted by Crippen LogP contribution is 2.33. The largest absolute Gasteiger partial charge is 0.302 e. The monoisotopic (exact) mass is 357 g/mol. The van der Waals surface area contributed by atoms with E-state index in [1.807, 2.05) is 13.0 Å². The summed E-state index contributed by atoms with van der Waals surface area (Å²) in [7, 11) is 0. The van der Waals surface area contributed by atoms with Gasteiger partial charge in [0.2, 0.25) is 5.91 Å².